The second-order valence-electron chi connectivity index (χ2n) is 1.76. The lowest BCUT2D eigenvalue weighted by atomic mass is 10.3. The second kappa shape index (κ2) is 2.91. The van der Waals surface area contributed by atoms with E-state index in [9.17, 15) is 4.79 Å². The van der Waals surface area contributed by atoms with Gasteiger partial charge in [0.25, 0.3) is 0 Å². The lowest BCUT2D eigenvalue weighted by molar-refractivity contribution is 0.471. The molecule has 0 aliphatic carbocycles. The van der Waals surface area contributed by atoms with Crippen molar-refractivity contribution >= 4 is 0 Å². The van der Waals surface area contributed by atoms with Gasteiger partial charge < -0.3 is 9.52 Å². The molecule has 2 N–H and O–H groups in total. The maximum atomic E-state index is 10.3. The molecule has 4 heteroatoms. The predicted octanol–water partition coefficient (Wildman–Crippen LogP) is 0.582. The largest absolute Gasteiger partial charge is 0.516 e. The van der Waals surface area contributed by atoms with Crippen LogP contribution in [0.2, 0.25) is 0 Å². The summed E-state index contributed by atoms with van der Waals surface area (Å²) < 4.78 is 4.43. The van der Waals surface area contributed by atoms with Gasteiger partial charge in [-0.3, -0.25) is 4.98 Å². The van der Waals surface area contributed by atoms with Gasteiger partial charge in [-0.25, -0.2) is 4.79 Å². The van der Waals surface area contributed by atoms with Gasteiger partial charge in [-0.05, 0) is 6.08 Å². The maximum absolute atomic E-state index is 10.3. The van der Waals surface area contributed by atoms with E-state index in [0.717, 1.165) is 6.26 Å². The van der Waals surface area contributed by atoms with Gasteiger partial charge in [-0.1, -0.05) is 0 Å². The lowest BCUT2D eigenvalue weighted by Gasteiger charge is -1.81. The number of rotatable bonds is 2. The summed E-state index contributed by atoms with van der Waals surface area (Å²) in [5, 5.41) is 8.23. The Balaban J connectivity index is 2.67. The van der Waals surface area contributed by atoms with Gasteiger partial charge in [0.05, 0.1) is 12.0 Å². The molecule has 54 valence electrons. The van der Waals surface area contributed by atoms with Crippen molar-refractivity contribution in [3.05, 3.63) is 34.8 Å². The molecule has 0 saturated heterocycles. The van der Waals surface area contributed by atoms with E-state index >= 15 is 0 Å². The van der Waals surface area contributed by atoms with Crippen molar-refractivity contribution in [3.8, 4) is 0 Å². The molecular formula is C6H7NO3. The second-order valence-corrected chi connectivity index (χ2v) is 1.76. The molecule has 0 radical (unpaired) electrons. The molecule has 0 spiro atoms. The van der Waals surface area contributed by atoms with Crippen LogP contribution in [0.5, 0.6) is 0 Å². The van der Waals surface area contributed by atoms with Gasteiger partial charge in [0.15, 0.2) is 0 Å². The van der Waals surface area contributed by atoms with Crippen LogP contribution in [0.3, 0.4) is 0 Å². The first-order valence-electron chi connectivity index (χ1n) is 2.79. The molecule has 4 nitrogen and oxygen atoms in total. The molecule has 0 aromatic carbocycles. The van der Waals surface area contributed by atoms with Crippen molar-refractivity contribution < 1.29 is 9.52 Å². The monoisotopic (exact) mass is 141 g/mol. The van der Waals surface area contributed by atoms with Crippen LogP contribution >= 0.6 is 0 Å². The summed E-state index contributed by atoms with van der Waals surface area (Å²) in [5.74, 6) is -0.471. The fourth-order valence-electron chi connectivity index (χ4n) is 0.593. The number of allylic oxidation sites excluding steroid dienone is 1. The van der Waals surface area contributed by atoms with E-state index in [1.165, 1.54) is 12.3 Å². The number of aliphatic hydroxyl groups excluding tert-OH is 1. The highest BCUT2D eigenvalue weighted by molar-refractivity contribution is 4.97. The lowest BCUT2D eigenvalue weighted by Crippen LogP contribution is -1.96. The Hall–Kier alpha value is -1.45. The molecule has 0 atom stereocenters. The number of oxazole rings is 1. The fraction of sp³-hybridized carbons (Fsp3) is 0.167. The molecule has 0 fully saturated rings. The van der Waals surface area contributed by atoms with Crippen LogP contribution in [0.25, 0.3) is 0 Å². The van der Waals surface area contributed by atoms with Crippen LogP contribution in [0.4, 0.5) is 0 Å². The Morgan fingerprint density at radius 3 is 3.10 bits per heavy atom. The molecule has 1 aromatic rings. The Morgan fingerprint density at radius 2 is 2.60 bits per heavy atom. The van der Waals surface area contributed by atoms with E-state index in [1.807, 2.05) is 0 Å². The highest BCUT2D eigenvalue weighted by atomic mass is 16.4. The van der Waals surface area contributed by atoms with E-state index in [4.69, 9.17) is 5.11 Å². The molecule has 10 heavy (non-hydrogen) atoms. The summed E-state index contributed by atoms with van der Waals surface area (Å²) in [6.07, 6.45) is 4.22. The first kappa shape index (κ1) is 6.67. The van der Waals surface area contributed by atoms with Gasteiger partial charge >= 0.3 is 5.76 Å². The zero-order valence-electron chi connectivity index (χ0n) is 5.20. The smallest absolute Gasteiger partial charge is 0.416 e. The normalized spacial score (nSPS) is 10.8. The molecule has 0 saturated carbocycles. The van der Waals surface area contributed by atoms with Crippen LogP contribution in [0, 0.1) is 0 Å². The van der Waals surface area contributed by atoms with Crippen molar-refractivity contribution in [1.29, 1.82) is 0 Å². The number of hydrogen-bond donors (Lipinski definition) is 2. The summed E-state index contributed by atoms with van der Waals surface area (Å²) in [4.78, 5) is 12.8. The van der Waals surface area contributed by atoms with Gasteiger partial charge in [0.2, 0.25) is 0 Å². The summed E-state index contributed by atoms with van der Waals surface area (Å²) in [7, 11) is 0. The van der Waals surface area contributed by atoms with Gasteiger partial charge in [-0.15, -0.1) is 0 Å². The summed E-state index contributed by atoms with van der Waals surface area (Å²) >= 11 is 0. The molecule has 0 aliphatic heterocycles. The molecule has 1 rings (SSSR count). The van der Waals surface area contributed by atoms with E-state index in [2.05, 4.69) is 9.40 Å². The summed E-state index contributed by atoms with van der Waals surface area (Å²) in [6, 6.07) is 0. The van der Waals surface area contributed by atoms with E-state index in [1.54, 1.807) is 0 Å². The SMILES string of the molecule is O=c1[nH]c(CC=CO)co1. The average molecular weight is 141 g/mol. The molecule has 0 aliphatic rings. The number of hydrogen-bond acceptors (Lipinski definition) is 3. The standard InChI is InChI=1S/C6H7NO3/c8-3-1-2-5-4-10-6(9)7-5/h1,3-4,8H,2H2,(H,7,9). The number of aromatic nitrogens is 1. The minimum absolute atomic E-state index is 0.471. The van der Waals surface area contributed by atoms with Crippen LogP contribution in [0.15, 0.2) is 27.8 Å². The van der Waals surface area contributed by atoms with Crippen LogP contribution in [-0.2, 0) is 6.42 Å². The third-order valence-electron chi connectivity index (χ3n) is 1.01. The van der Waals surface area contributed by atoms with Crippen molar-refractivity contribution in [1.82, 2.24) is 4.98 Å². The Kier molecular flexibility index (Phi) is 1.94. The van der Waals surface area contributed by atoms with E-state index in [-0.39, 0.29) is 0 Å². The zero-order valence-corrected chi connectivity index (χ0v) is 5.20. The number of aromatic amines is 1. The van der Waals surface area contributed by atoms with Crippen molar-refractivity contribution in [2.75, 3.05) is 0 Å². The third-order valence-corrected chi connectivity index (χ3v) is 1.01. The Morgan fingerprint density at radius 1 is 1.80 bits per heavy atom. The first-order chi connectivity index (χ1) is 4.83. The summed E-state index contributed by atoms with van der Waals surface area (Å²) in [5.41, 5.74) is 0.648. The number of H-pyrrole nitrogens is 1. The van der Waals surface area contributed by atoms with Crippen LogP contribution < -0.4 is 5.76 Å². The Labute approximate surface area is 56.8 Å². The van der Waals surface area contributed by atoms with E-state index < -0.39 is 5.76 Å². The highest BCUT2D eigenvalue weighted by Gasteiger charge is 1.92. The van der Waals surface area contributed by atoms with Crippen LogP contribution in [-0.4, -0.2) is 10.1 Å². The quantitative estimate of drug-likeness (QED) is 0.592. The molecule has 0 amide bonds. The Bertz CT molecular complexity index is 271. The highest BCUT2D eigenvalue weighted by Crippen LogP contribution is 1.91. The average Bonchev–Trinajstić information content (AvgIpc) is 2.31. The minimum Gasteiger partial charge on any atom is -0.516 e. The number of aliphatic hydroxyl groups is 1. The fourth-order valence-corrected chi connectivity index (χ4v) is 0.593. The van der Waals surface area contributed by atoms with Crippen molar-refractivity contribution in [2.24, 2.45) is 0 Å². The molecule has 0 unspecified atom stereocenters. The summed E-state index contributed by atoms with van der Waals surface area (Å²) in [6.45, 7) is 0. The van der Waals surface area contributed by atoms with E-state index in [0.29, 0.717) is 12.1 Å². The van der Waals surface area contributed by atoms with Gasteiger partial charge in [-0.2, -0.15) is 0 Å². The molecule has 1 heterocycles. The molecule has 0 bridgehead atoms. The van der Waals surface area contributed by atoms with Gasteiger partial charge in [0, 0.05) is 6.42 Å². The topological polar surface area (TPSA) is 66.2 Å². The van der Waals surface area contributed by atoms with Crippen LogP contribution in [0.1, 0.15) is 5.69 Å². The minimum atomic E-state index is -0.471. The molecular weight excluding hydrogens is 134 g/mol. The van der Waals surface area contributed by atoms with Crippen molar-refractivity contribution in [3.63, 3.8) is 0 Å². The maximum Gasteiger partial charge on any atom is 0.416 e. The third kappa shape index (κ3) is 1.51. The van der Waals surface area contributed by atoms with Crippen molar-refractivity contribution in [2.45, 2.75) is 6.42 Å². The predicted molar refractivity (Wildman–Crippen MR) is 34.8 cm³/mol. The molecule has 1 aromatic heterocycles. The van der Waals surface area contributed by atoms with Gasteiger partial charge in [0.1, 0.15) is 6.26 Å². The number of nitrogens with one attached hydrogen (secondary N) is 1. The zero-order chi connectivity index (χ0) is 7.40. The first-order valence-corrected chi connectivity index (χ1v) is 2.79.